The zero-order valence-electron chi connectivity index (χ0n) is 24.0. The molecule has 0 aromatic carbocycles. The first-order valence-corrected chi connectivity index (χ1v) is 15.8. The first-order valence-electron chi connectivity index (χ1n) is 12.6. The molecule has 0 amide bonds. The summed E-state index contributed by atoms with van der Waals surface area (Å²) in [6.07, 6.45) is 1.20. The summed E-state index contributed by atoms with van der Waals surface area (Å²) < 4.78 is 49.3. The molecule has 0 aromatic rings. The van der Waals surface area contributed by atoms with Crippen LogP contribution < -0.4 is 10.2 Å². The van der Waals surface area contributed by atoms with Gasteiger partial charge in [0.1, 0.15) is 11.6 Å². The Morgan fingerprint density at radius 3 is 1.81 bits per heavy atom. The lowest BCUT2D eigenvalue weighted by atomic mass is 9.87. The molecule has 1 saturated carbocycles. The highest BCUT2D eigenvalue weighted by Gasteiger charge is 2.57. The predicted octanol–water partition coefficient (Wildman–Crippen LogP) is 5.26. The summed E-state index contributed by atoms with van der Waals surface area (Å²) in [5.74, 6) is -1.05. The van der Waals surface area contributed by atoms with Crippen molar-refractivity contribution < 1.29 is 37.2 Å². The van der Waals surface area contributed by atoms with Crippen LogP contribution in [0.25, 0.3) is 0 Å². The Hall–Kier alpha value is -0.760. The molecular weight excluding hydrogens is 506 g/mol. The maximum atomic E-state index is 14.0. The maximum absolute atomic E-state index is 14.0. The molecule has 0 heterocycles. The number of ether oxygens (including phenoxy) is 2. The van der Waals surface area contributed by atoms with Gasteiger partial charge < -0.3 is 18.5 Å². The SMILES string of the molecule is CCOP(=O)(NC1(C(=O)OCCC(C)(C)P(=O)(N[C@@H](C(=O)OC)C(C)(C)C)OCC)CC1)C(C)(C)C. The monoisotopic (exact) mass is 554 g/mol. The third-order valence-electron chi connectivity index (χ3n) is 6.35. The van der Waals surface area contributed by atoms with E-state index in [2.05, 4.69) is 10.2 Å². The second kappa shape index (κ2) is 12.0. The molecule has 12 heteroatoms. The van der Waals surface area contributed by atoms with Crippen molar-refractivity contribution >= 4 is 27.0 Å². The Kier molecular flexibility index (Phi) is 11.1. The lowest BCUT2D eigenvalue weighted by Crippen LogP contribution is -2.48. The van der Waals surface area contributed by atoms with Gasteiger partial charge in [0.15, 0.2) is 0 Å². The highest BCUT2D eigenvalue weighted by atomic mass is 31.2. The largest absolute Gasteiger partial charge is 0.468 e. The second-order valence-corrected chi connectivity index (χ2v) is 17.7. The summed E-state index contributed by atoms with van der Waals surface area (Å²) in [5, 5.41) is 4.28. The van der Waals surface area contributed by atoms with E-state index in [9.17, 15) is 18.7 Å². The quantitative estimate of drug-likeness (QED) is 0.217. The van der Waals surface area contributed by atoms with Crippen LogP contribution in [-0.2, 0) is 37.2 Å². The summed E-state index contributed by atoms with van der Waals surface area (Å²) in [4.78, 5) is 25.4. The van der Waals surface area contributed by atoms with Gasteiger partial charge in [-0.05, 0) is 73.1 Å². The van der Waals surface area contributed by atoms with Crippen LogP contribution in [0.2, 0.25) is 0 Å². The van der Waals surface area contributed by atoms with Crippen LogP contribution in [0.15, 0.2) is 0 Å². The smallest absolute Gasteiger partial charge is 0.326 e. The number of hydrogen-bond acceptors (Lipinski definition) is 8. The van der Waals surface area contributed by atoms with E-state index in [1.165, 1.54) is 7.11 Å². The van der Waals surface area contributed by atoms with E-state index in [0.717, 1.165) is 0 Å². The minimum Gasteiger partial charge on any atom is -0.468 e. The van der Waals surface area contributed by atoms with E-state index in [1.54, 1.807) is 48.5 Å². The van der Waals surface area contributed by atoms with Crippen LogP contribution in [-0.4, -0.2) is 60.8 Å². The average Bonchev–Trinajstić information content (AvgIpc) is 3.50. The third-order valence-corrected chi connectivity index (χ3v) is 12.5. The van der Waals surface area contributed by atoms with E-state index in [4.69, 9.17) is 18.5 Å². The van der Waals surface area contributed by atoms with Crippen molar-refractivity contribution in [2.75, 3.05) is 26.9 Å². The van der Waals surface area contributed by atoms with E-state index < -0.39 is 54.3 Å². The van der Waals surface area contributed by atoms with Gasteiger partial charge in [0.2, 0.25) is 0 Å². The fraction of sp³-hybridized carbons (Fsp3) is 0.917. The minimum absolute atomic E-state index is 0.0269. The van der Waals surface area contributed by atoms with Crippen molar-refractivity contribution in [2.24, 2.45) is 5.41 Å². The highest BCUT2D eigenvalue weighted by Crippen LogP contribution is 2.60. The Morgan fingerprint density at radius 1 is 0.917 bits per heavy atom. The number of carbonyl (C=O) groups is 2. The fourth-order valence-corrected chi connectivity index (χ4v) is 7.86. The van der Waals surface area contributed by atoms with Crippen LogP contribution in [0.5, 0.6) is 0 Å². The van der Waals surface area contributed by atoms with Crippen molar-refractivity contribution in [2.45, 2.75) is 110 Å². The predicted molar refractivity (Wildman–Crippen MR) is 141 cm³/mol. The minimum atomic E-state index is -3.61. The summed E-state index contributed by atoms with van der Waals surface area (Å²) in [6.45, 7) is 18.3. The van der Waals surface area contributed by atoms with Crippen molar-refractivity contribution in [3.05, 3.63) is 0 Å². The lowest BCUT2D eigenvalue weighted by molar-refractivity contribution is -0.147. The third kappa shape index (κ3) is 7.87. The maximum Gasteiger partial charge on any atom is 0.326 e. The van der Waals surface area contributed by atoms with Crippen molar-refractivity contribution in [1.82, 2.24) is 10.2 Å². The van der Waals surface area contributed by atoms with E-state index in [-0.39, 0.29) is 26.2 Å². The molecule has 0 radical (unpaired) electrons. The number of esters is 2. The van der Waals surface area contributed by atoms with E-state index >= 15 is 0 Å². The lowest BCUT2D eigenvalue weighted by Gasteiger charge is -2.39. The van der Waals surface area contributed by atoms with Crippen molar-refractivity contribution in [3.8, 4) is 0 Å². The first kappa shape index (κ1) is 33.3. The number of carbonyl (C=O) groups excluding carboxylic acids is 2. The van der Waals surface area contributed by atoms with Gasteiger partial charge in [-0.3, -0.25) is 18.7 Å². The van der Waals surface area contributed by atoms with Crippen LogP contribution in [0, 0.1) is 5.41 Å². The molecule has 0 aromatic heterocycles. The molecule has 2 N–H and O–H groups in total. The fourth-order valence-electron chi connectivity index (χ4n) is 3.48. The van der Waals surface area contributed by atoms with Gasteiger partial charge in [-0.1, -0.05) is 20.8 Å². The van der Waals surface area contributed by atoms with Crippen molar-refractivity contribution in [3.63, 3.8) is 0 Å². The van der Waals surface area contributed by atoms with Crippen LogP contribution in [0.4, 0.5) is 0 Å². The molecule has 0 aliphatic heterocycles. The van der Waals surface area contributed by atoms with Crippen LogP contribution >= 0.6 is 15.0 Å². The summed E-state index contributed by atoms with van der Waals surface area (Å²) in [5.41, 5.74) is -1.64. The molecular formula is C24H48N2O8P2. The highest BCUT2D eigenvalue weighted by molar-refractivity contribution is 7.59. The summed E-state index contributed by atoms with van der Waals surface area (Å²) in [6, 6.07) is -0.870. The van der Waals surface area contributed by atoms with E-state index in [1.807, 2.05) is 20.8 Å². The summed E-state index contributed by atoms with van der Waals surface area (Å²) in [7, 11) is -5.66. The standard InChI is InChI=1S/C24H48N2O8P2/c1-12-33-35(29,22(6,7)8)26-24(14-15-24)20(28)32-17-16-23(9,10)36(30,34-13-2)25-18(19(27)31-11)21(3,4)5/h18H,12-17H2,1-11H3,(H,25,30)(H,26,29)/t18-,35?,36?/m0/s1. The zero-order valence-corrected chi connectivity index (χ0v) is 25.8. The molecule has 36 heavy (non-hydrogen) atoms. The molecule has 10 nitrogen and oxygen atoms in total. The molecule has 2 unspecified atom stereocenters. The molecule has 1 fully saturated rings. The van der Waals surface area contributed by atoms with Crippen molar-refractivity contribution in [1.29, 1.82) is 0 Å². The Morgan fingerprint density at radius 2 is 1.42 bits per heavy atom. The van der Waals surface area contributed by atoms with Crippen LogP contribution in [0.3, 0.4) is 0 Å². The average molecular weight is 555 g/mol. The van der Waals surface area contributed by atoms with Gasteiger partial charge >= 0.3 is 11.9 Å². The molecule has 0 spiro atoms. The van der Waals surface area contributed by atoms with Gasteiger partial charge in [-0.15, -0.1) is 0 Å². The molecule has 1 aliphatic carbocycles. The molecule has 3 atom stereocenters. The molecule has 0 bridgehead atoms. The molecule has 212 valence electrons. The van der Waals surface area contributed by atoms with Gasteiger partial charge in [0.05, 0.1) is 37.2 Å². The number of methoxy groups -OCH3 is 1. The molecule has 1 aliphatic rings. The second-order valence-electron chi connectivity index (χ2n) is 12.0. The Balaban J connectivity index is 2.98. The molecule has 1 rings (SSSR count). The van der Waals surface area contributed by atoms with Crippen LogP contribution in [0.1, 0.15) is 88.5 Å². The van der Waals surface area contributed by atoms with Gasteiger partial charge in [-0.25, -0.2) is 10.2 Å². The Labute approximate surface area is 217 Å². The number of rotatable bonds is 14. The Bertz CT molecular complexity index is 872. The normalized spacial score (nSPS) is 20.1. The topological polar surface area (TPSA) is 129 Å². The number of hydrogen-bond donors (Lipinski definition) is 2. The zero-order chi connectivity index (χ0) is 28.2. The summed E-state index contributed by atoms with van der Waals surface area (Å²) >= 11 is 0. The van der Waals surface area contributed by atoms with E-state index in [0.29, 0.717) is 12.8 Å². The van der Waals surface area contributed by atoms with Gasteiger partial charge in [0, 0.05) is 0 Å². The molecule has 0 saturated heterocycles. The van der Waals surface area contributed by atoms with Gasteiger partial charge in [-0.2, -0.15) is 0 Å². The first-order chi connectivity index (χ1) is 16.2. The van der Waals surface area contributed by atoms with Gasteiger partial charge in [0.25, 0.3) is 15.0 Å². The number of nitrogens with one attached hydrogen (secondary N) is 2.